The van der Waals surface area contributed by atoms with Crippen LogP contribution in [-0.2, 0) is 20.4 Å². The molecule has 2 aliphatic rings. The molecule has 178 valence electrons. The first-order valence-corrected chi connectivity index (χ1v) is 22.2. The van der Waals surface area contributed by atoms with Gasteiger partial charge in [-0.05, 0) is 0 Å². The Labute approximate surface area is 223 Å². The first kappa shape index (κ1) is 24.1. The monoisotopic (exact) mass is 560 g/mol. The fourth-order valence-electron chi connectivity index (χ4n) is 6.73. The number of benzene rings is 4. The third-order valence-electron chi connectivity index (χ3n) is 8.79. The van der Waals surface area contributed by atoms with Crippen LogP contribution < -0.4 is 0 Å². The summed E-state index contributed by atoms with van der Waals surface area (Å²) in [5.41, 5.74) is 12.1. The number of allylic oxidation sites excluding steroid dienone is 5. The molecule has 0 bridgehead atoms. The van der Waals surface area contributed by atoms with E-state index in [2.05, 4.69) is 126 Å². The summed E-state index contributed by atoms with van der Waals surface area (Å²) >= 11 is -1.99. The molecule has 0 radical (unpaired) electrons. The van der Waals surface area contributed by atoms with E-state index in [4.69, 9.17) is 0 Å². The van der Waals surface area contributed by atoms with E-state index in [1.54, 1.807) is 27.9 Å². The van der Waals surface area contributed by atoms with Gasteiger partial charge in [0.05, 0.1) is 0 Å². The van der Waals surface area contributed by atoms with Crippen LogP contribution in [0.4, 0.5) is 0 Å². The molecule has 1 atom stereocenters. The minimum atomic E-state index is -1.99. The van der Waals surface area contributed by atoms with Crippen molar-refractivity contribution in [1.82, 2.24) is 0 Å². The molecule has 0 aromatic heterocycles. The van der Waals surface area contributed by atoms with Crippen molar-refractivity contribution in [2.24, 2.45) is 0 Å². The van der Waals surface area contributed by atoms with Crippen molar-refractivity contribution in [1.29, 1.82) is 0 Å². The minimum absolute atomic E-state index is 0.397. The molecule has 4 aromatic carbocycles. The van der Waals surface area contributed by atoms with Gasteiger partial charge >= 0.3 is 225 Å². The molecule has 1 unspecified atom stereocenters. The molecule has 6 rings (SSSR count). The zero-order valence-electron chi connectivity index (χ0n) is 22.2. The van der Waals surface area contributed by atoms with Crippen molar-refractivity contribution in [3.63, 3.8) is 0 Å². The molecule has 0 fully saturated rings. The molecule has 4 aromatic rings. The van der Waals surface area contributed by atoms with Gasteiger partial charge in [-0.1, -0.05) is 0 Å². The van der Waals surface area contributed by atoms with Crippen molar-refractivity contribution in [2.45, 2.75) is 48.0 Å². The Balaban J connectivity index is 1.65. The van der Waals surface area contributed by atoms with E-state index in [0.717, 1.165) is 3.63 Å². The predicted molar refractivity (Wildman–Crippen MR) is 156 cm³/mol. The van der Waals surface area contributed by atoms with Gasteiger partial charge in [-0.3, -0.25) is 0 Å². The molecular weight excluding hydrogens is 528 g/mol. The summed E-state index contributed by atoms with van der Waals surface area (Å²) in [6, 6.07) is 29.7. The summed E-state index contributed by atoms with van der Waals surface area (Å²) in [4.78, 5) is 0. The van der Waals surface area contributed by atoms with Gasteiger partial charge in [0.2, 0.25) is 0 Å². The zero-order chi connectivity index (χ0) is 25.1. The van der Waals surface area contributed by atoms with Crippen molar-refractivity contribution in [3.8, 4) is 0 Å². The Bertz CT molecular complexity index is 1610. The summed E-state index contributed by atoms with van der Waals surface area (Å²) in [6.45, 7) is 14.8. The maximum atomic E-state index is 2.74. The summed E-state index contributed by atoms with van der Waals surface area (Å²) in [6.07, 6.45) is 2.74. The molecule has 0 N–H and O–H groups in total. The maximum absolute atomic E-state index is 2.74. The van der Waals surface area contributed by atoms with Gasteiger partial charge in [0.15, 0.2) is 0 Å². The number of rotatable bonds is 3. The van der Waals surface area contributed by atoms with Crippen LogP contribution >= 0.6 is 0 Å². The van der Waals surface area contributed by atoms with E-state index in [1.165, 1.54) is 38.2 Å². The van der Waals surface area contributed by atoms with Crippen LogP contribution in [0.2, 0.25) is 16.7 Å². The standard InChI is InChI=1S/C23H15.C9H13.C2H6Si.Zr/c1-4-10-19-16(7-1)13-14-22(19)23-20-11-5-2-8-17(20)15-18-9-3-6-12-21(18)23;1-6-5-7(2)9(4)8(6)3;1-3-2;/h1-15H;5H,1-4H3;1-2H3;. The molecule has 0 amide bonds. The Hall–Kier alpha value is -2.28. The molecule has 0 saturated heterocycles. The summed E-state index contributed by atoms with van der Waals surface area (Å²) in [5, 5.41) is 5.42. The van der Waals surface area contributed by atoms with Crippen molar-refractivity contribution in [2.75, 3.05) is 0 Å². The van der Waals surface area contributed by atoms with E-state index < -0.39 is 25.8 Å². The fraction of sp³-hybridized carbons (Fsp3) is 0.235. The number of hydrogen-bond acceptors (Lipinski definition) is 0. The average Bonchev–Trinajstić information content (AvgIpc) is 3.34. The quantitative estimate of drug-likeness (QED) is 0.172. The Morgan fingerprint density at radius 2 is 1.19 bits per heavy atom. The molecule has 0 spiro atoms. The molecule has 0 heterocycles. The Morgan fingerprint density at radius 1 is 0.667 bits per heavy atom. The number of hydrogen-bond donors (Lipinski definition) is 0. The Kier molecular flexibility index (Phi) is 6.17. The molecule has 2 aliphatic carbocycles. The number of fused-ring (bicyclic) bond motifs is 3. The van der Waals surface area contributed by atoms with Crippen LogP contribution in [0.5, 0.6) is 0 Å². The topological polar surface area (TPSA) is 0 Å². The van der Waals surface area contributed by atoms with Gasteiger partial charge in [-0.2, -0.15) is 0 Å². The summed E-state index contributed by atoms with van der Waals surface area (Å²) in [7, 11) is 0. The van der Waals surface area contributed by atoms with E-state index >= 15 is 0 Å². The normalized spacial score (nSPS) is 17.8. The summed E-state index contributed by atoms with van der Waals surface area (Å²) in [5.74, 6) is 0. The van der Waals surface area contributed by atoms with Crippen LogP contribution in [0.15, 0.2) is 107 Å². The van der Waals surface area contributed by atoms with Crippen LogP contribution in [0.1, 0.15) is 48.0 Å². The van der Waals surface area contributed by atoms with Crippen LogP contribution in [0.25, 0.3) is 27.1 Å². The Morgan fingerprint density at radius 3 is 1.78 bits per heavy atom. The van der Waals surface area contributed by atoms with Gasteiger partial charge in [-0.15, -0.1) is 0 Å². The molecule has 0 aliphatic heterocycles. The van der Waals surface area contributed by atoms with Crippen LogP contribution in [0.3, 0.4) is 0 Å². The second-order valence-electron chi connectivity index (χ2n) is 10.8. The third kappa shape index (κ3) is 3.64. The second kappa shape index (κ2) is 9.23. The summed E-state index contributed by atoms with van der Waals surface area (Å²) < 4.78 is 1.38. The molecule has 0 nitrogen and oxygen atoms in total. The SMILES string of the molecule is CC1=C(C)[CH]([Zr]([CH]2C=C(c3c4ccccc4cc4ccccc34)c3ccccc32)=[Si](C)C)C(C)=C1C. The van der Waals surface area contributed by atoms with E-state index in [-0.39, 0.29) is 0 Å². The molecule has 0 saturated carbocycles. The predicted octanol–water partition coefficient (Wildman–Crippen LogP) is 9.82. The first-order chi connectivity index (χ1) is 17.4. The zero-order valence-corrected chi connectivity index (χ0v) is 25.7. The fourth-order valence-corrected chi connectivity index (χ4v) is 27.3. The van der Waals surface area contributed by atoms with E-state index in [9.17, 15) is 0 Å². The van der Waals surface area contributed by atoms with Gasteiger partial charge in [-0.25, -0.2) is 0 Å². The van der Waals surface area contributed by atoms with Gasteiger partial charge in [0.25, 0.3) is 0 Å². The van der Waals surface area contributed by atoms with Crippen LogP contribution in [-0.4, -0.2) is 5.43 Å². The first-order valence-electron chi connectivity index (χ1n) is 13.1. The van der Waals surface area contributed by atoms with E-state index in [1.807, 2.05) is 0 Å². The van der Waals surface area contributed by atoms with Crippen LogP contribution in [0, 0.1) is 0 Å². The molecule has 36 heavy (non-hydrogen) atoms. The molecule has 2 heteroatoms. The van der Waals surface area contributed by atoms with Crippen molar-refractivity contribution in [3.05, 3.63) is 124 Å². The average molecular weight is 562 g/mol. The second-order valence-corrected chi connectivity index (χ2v) is 28.8. The molecular formula is C34H34SiZr. The van der Waals surface area contributed by atoms with Gasteiger partial charge < -0.3 is 0 Å². The van der Waals surface area contributed by atoms with Gasteiger partial charge in [0, 0.05) is 0 Å². The van der Waals surface area contributed by atoms with Crippen molar-refractivity contribution >= 4 is 32.6 Å². The van der Waals surface area contributed by atoms with Gasteiger partial charge in [0.1, 0.15) is 0 Å². The van der Waals surface area contributed by atoms with E-state index in [0.29, 0.717) is 3.63 Å². The van der Waals surface area contributed by atoms with Crippen molar-refractivity contribution < 1.29 is 20.4 Å². The third-order valence-corrected chi connectivity index (χ3v) is 28.5.